The fourth-order valence-electron chi connectivity index (χ4n) is 2.69. The number of aromatic nitrogens is 1. The van der Waals surface area contributed by atoms with Gasteiger partial charge in [0.2, 0.25) is 0 Å². The van der Waals surface area contributed by atoms with Crippen LogP contribution in [0.15, 0.2) is 0 Å². The Bertz CT molecular complexity index is 503. The van der Waals surface area contributed by atoms with Gasteiger partial charge in [0.1, 0.15) is 11.9 Å². The smallest absolute Gasteiger partial charge is 0.144 e. The summed E-state index contributed by atoms with van der Waals surface area (Å²) >= 11 is 0. The number of aliphatic hydroxyl groups is 1. The molecular formula is C15H21N3O. The molecule has 0 saturated carbocycles. The lowest BCUT2D eigenvalue weighted by molar-refractivity contribution is 0.208. The molecule has 1 heterocycles. The number of nitrogens with one attached hydrogen (secondary N) is 1. The summed E-state index contributed by atoms with van der Waals surface area (Å²) in [5.74, 6) is 0.640. The molecule has 0 radical (unpaired) electrons. The summed E-state index contributed by atoms with van der Waals surface area (Å²) in [4.78, 5) is 4.60. The van der Waals surface area contributed by atoms with E-state index in [9.17, 15) is 10.4 Å². The van der Waals surface area contributed by atoms with E-state index in [-0.39, 0.29) is 0 Å². The third-order valence-electron chi connectivity index (χ3n) is 3.61. The summed E-state index contributed by atoms with van der Waals surface area (Å²) in [6.45, 7) is 4.24. The molecule has 1 aliphatic rings. The summed E-state index contributed by atoms with van der Waals surface area (Å²) in [7, 11) is 0. The Morgan fingerprint density at radius 3 is 2.63 bits per heavy atom. The lowest BCUT2D eigenvalue weighted by Gasteiger charge is -2.22. The average Bonchev–Trinajstić information content (AvgIpc) is 2.43. The van der Waals surface area contributed by atoms with Crippen molar-refractivity contribution < 1.29 is 5.11 Å². The zero-order valence-corrected chi connectivity index (χ0v) is 11.7. The molecule has 1 aromatic rings. The summed E-state index contributed by atoms with van der Waals surface area (Å²) in [6, 6.07) is 2.29. The Labute approximate surface area is 114 Å². The number of nitrogens with zero attached hydrogens (tertiary/aromatic N) is 2. The summed E-state index contributed by atoms with van der Waals surface area (Å²) in [5, 5.41) is 21.9. The Kier molecular flexibility index (Phi) is 4.39. The molecule has 4 heteroatoms. The highest BCUT2D eigenvalue weighted by Gasteiger charge is 2.21. The van der Waals surface area contributed by atoms with Gasteiger partial charge >= 0.3 is 0 Å². The molecule has 4 nitrogen and oxygen atoms in total. The van der Waals surface area contributed by atoms with Crippen molar-refractivity contribution in [1.82, 2.24) is 4.98 Å². The average molecular weight is 259 g/mol. The number of hydrogen-bond donors (Lipinski definition) is 2. The molecule has 1 aliphatic carbocycles. The van der Waals surface area contributed by atoms with Crippen molar-refractivity contribution in [3.8, 4) is 6.07 Å². The minimum atomic E-state index is -0.450. The minimum absolute atomic E-state index is 0.420. The van der Waals surface area contributed by atoms with Gasteiger partial charge in [0, 0.05) is 12.2 Å². The second-order valence-electron chi connectivity index (χ2n) is 5.14. The van der Waals surface area contributed by atoms with E-state index in [0.717, 1.165) is 31.4 Å². The van der Waals surface area contributed by atoms with Crippen LogP contribution in [0.1, 0.15) is 49.1 Å². The van der Waals surface area contributed by atoms with Crippen molar-refractivity contribution in [3.63, 3.8) is 0 Å². The molecule has 1 atom stereocenters. The number of pyridine rings is 1. The van der Waals surface area contributed by atoms with Crippen LogP contribution in [0.25, 0.3) is 0 Å². The highest BCUT2D eigenvalue weighted by Crippen LogP contribution is 2.30. The number of aryl methyl sites for hydroxylation is 1. The number of nitriles is 1. The quantitative estimate of drug-likeness (QED) is 0.869. The van der Waals surface area contributed by atoms with Crippen LogP contribution in [0.4, 0.5) is 5.82 Å². The highest BCUT2D eigenvalue weighted by molar-refractivity contribution is 5.60. The number of aliphatic hydroxyl groups excluding tert-OH is 1. The van der Waals surface area contributed by atoms with Crippen LogP contribution in [0.2, 0.25) is 0 Å². The molecule has 2 N–H and O–H groups in total. The topological polar surface area (TPSA) is 68.9 Å². The molecule has 0 saturated heterocycles. The molecule has 0 aliphatic heterocycles. The maximum atomic E-state index is 9.41. The van der Waals surface area contributed by atoms with E-state index in [1.807, 2.05) is 0 Å². The van der Waals surface area contributed by atoms with Crippen LogP contribution in [0.3, 0.4) is 0 Å². The van der Waals surface area contributed by atoms with Gasteiger partial charge in [-0.15, -0.1) is 0 Å². The van der Waals surface area contributed by atoms with Gasteiger partial charge in [0.25, 0.3) is 0 Å². The first-order valence-electron chi connectivity index (χ1n) is 7.04. The van der Waals surface area contributed by atoms with Gasteiger partial charge in [0.15, 0.2) is 0 Å². The molecule has 2 rings (SSSR count). The summed E-state index contributed by atoms with van der Waals surface area (Å²) in [5.41, 5.74) is 4.23. The second-order valence-corrected chi connectivity index (χ2v) is 5.14. The fraction of sp³-hybridized carbons (Fsp3) is 0.600. The van der Waals surface area contributed by atoms with Gasteiger partial charge in [-0.3, -0.25) is 0 Å². The zero-order valence-electron chi connectivity index (χ0n) is 11.7. The minimum Gasteiger partial charge on any atom is -0.392 e. The van der Waals surface area contributed by atoms with Crippen molar-refractivity contribution >= 4 is 5.82 Å². The number of fused-ring (bicyclic) bond motifs is 1. The predicted molar refractivity (Wildman–Crippen MR) is 75.1 cm³/mol. The van der Waals surface area contributed by atoms with E-state index in [1.165, 1.54) is 17.5 Å². The van der Waals surface area contributed by atoms with Gasteiger partial charge in [-0.05, 0) is 50.2 Å². The van der Waals surface area contributed by atoms with Crippen molar-refractivity contribution in [2.75, 3.05) is 11.9 Å². The number of anilines is 1. The molecule has 1 aromatic heterocycles. The molecule has 102 valence electrons. The largest absolute Gasteiger partial charge is 0.392 e. The molecule has 0 bridgehead atoms. The maximum absolute atomic E-state index is 9.41. The maximum Gasteiger partial charge on any atom is 0.144 e. The summed E-state index contributed by atoms with van der Waals surface area (Å²) < 4.78 is 0. The van der Waals surface area contributed by atoms with Crippen LogP contribution in [0.5, 0.6) is 0 Å². The van der Waals surface area contributed by atoms with Gasteiger partial charge in [-0.2, -0.15) is 5.26 Å². The van der Waals surface area contributed by atoms with Crippen molar-refractivity contribution in [3.05, 3.63) is 22.4 Å². The SMILES string of the molecule is CCc1nc(NCC(C)O)c(C#N)c2c1CCCC2. The molecular weight excluding hydrogens is 238 g/mol. The van der Waals surface area contributed by atoms with Crippen molar-refractivity contribution in [1.29, 1.82) is 5.26 Å². The van der Waals surface area contributed by atoms with Crippen LogP contribution < -0.4 is 5.32 Å². The van der Waals surface area contributed by atoms with E-state index in [4.69, 9.17) is 0 Å². The fourth-order valence-corrected chi connectivity index (χ4v) is 2.69. The Balaban J connectivity index is 2.45. The number of rotatable bonds is 4. The van der Waals surface area contributed by atoms with Crippen molar-refractivity contribution in [2.24, 2.45) is 0 Å². The lowest BCUT2D eigenvalue weighted by atomic mass is 9.87. The summed E-state index contributed by atoms with van der Waals surface area (Å²) in [6.07, 6.45) is 4.78. The Morgan fingerprint density at radius 1 is 1.37 bits per heavy atom. The van der Waals surface area contributed by atoms with E-state index in [1.54, 1.807) is 6.92 Å². The predicted octanol–water partition coefficient (Wildman–Crippen LogP) is 2.19. The standard InChI is InChI=1S/C15H21N3O/c1-3-14-12-7-5-4-6-11(12)13(8-16)15(18-14)17-9-10(2)19/h10,19H,3-7,9H2,1-2H3,(H,17,18). The third kappa shape index (κ3) is 2.87. The van der Waals surface area contributed by atoms with Gasteiger partial charge in [-0.1, -0.05) is 6.92 Å². The molecule has 1 unspecified atom stereocenters. The first-order chi connectivity index (χ1) is 9.17. The van der Waals surface area contributed by atoms with Gasteiger partial charge in [-0.25, -0.2) is 4.98 Å². The van der Waals surface area contributed by atoms with Crippen LogP contribution in [-0.2, 0) is 19.3 Å². The number of hydrogen-bond acceptors (Lipinski definition) is 4. The normalized spacial score (nSPS) is 15.5. The first kappa shape index (κ1) is 13.8. The zero-order chi connectivity index (χ0) is 13.8. The van der Waals surface area contributed by atoms with E-state index >= 15 is 0 Å². The Hall–Kier alpha value is -1.60. The third-order valence-corrected chi connectivity index (χ3v) is 3.61. The van der Waals surface area contributed by atoms with Gasteiger partial charge in [0.05, 0.1) is 11.7 Å². The Morgan fingerprint density at radius 2 is 2.05 bits per heavy atom. The van der Waals surface area contributed by atoms with Gasteiger partial charge < -0.3 is 10.4 Å². The van der Waals surface area contributed by atoms with E-state index < -0.39 is 6.10 Å². The second kappa shape index (κ2) is 6.03. The lowest BCUT2D eigenvalue weighted by Crippen LogP contribution is -2.19. The molecule has 0 spiro atoms. The molecule has 19 heavy (non-hydrogen) atoms. The first-order valence-corrected chi connectivity index (χ1v) is 7.04. The van der Waals surface area contributed by atoms with Crippen LogP contribution in [0, 0.1) is 11.3 Å². The van der Waals surface area contributed by atoms with Crippen LogP contribution >= 0.6 is 0 Å². The molecule has 0 amide bonds. The molecule has 0 fully saturated rings. The van der Waals surface area contributed by atoms with Crippen LogP contribution in [-0.4, -0.2) is 22.7 Å². The van der Waals surface area contributed by atoms with E-state index in [2.05, 4.69) is 23.3 Å². The monoisotopic (exact) mass is 259 g/mol. The highest BCUT2D eigenvalue weighted by atomic mass is 16.3. The van der Waals surface area contributed by atoms with Crippen molar-refractivity contribution in [2.45, 2.75) is 52.1 Å². The molecule has 0 aromatic carbocycles. The van der Waals surface area contributed by atoms with E-state index in [0.29, 0.717) is 17.9 Å².